The van der Waals surface area contributed by atoms with Crippen molar-refractivity contribution < 1.29 is 37.3 Å². The molecular weight excluding hydrogens is 782 g/mol. The number of nitrogens with zero attached hydrogens (tertiary/aromatic N) is 1. The van der Waals surface area contributed by atoms with Crippen LogP contribution in [-0.2, 0) is 27.9 Å². The highest BCUT2D eigenvalue weighted by atomic mass is 31.2. The summed E-state index contributed by atoms with van der Waals surface area (Å²) in [6.45, 7) is 5.38. The minimum atomic E-state index is -4.29. The van der Waals surface area contributed by atoms with E-state index in [0.29, 0.717) is 24.1 Å². The minimum absolute atomic E-state index is 0.0775. The Morgan fingerprint density at radius 1 is 0.525 bits per heavy atom. The van der Waals surface area contributed by atoms with E-state index >= 15 is 0 Å². The fraction of sp³-hybridized carbons (Fsp3) is 0.673. The van der Waals surface area contributed by atoms with E-state index in [2.05, 4.69) is 111 Å². The van der Waals surface area contributed by atoms with E-state index in [0.717, 1.165) is 109 Å². The van der Waals surface area contributed by atoms with Crippen molar-refractivity contribution in [1.82, 2.24) is 0 Å². The Morgan fingerprint density at radius 3 is 1.43 bits per heavy atom. The predicted molar refractivity (Wildman–Crippen MR) is 261 cm³/mol. The molecule has 2 atom stereocenters. The summed E-state index contributed by atoms with van der Waals surface area (Å²) in [5.41, 5.74) is 0. The lowest BCUT2D eigenvalue weighted by molar-refractivity contribution is -0.870. The number of unbranched alkanes of at least 4 members (excludes halogenated alkanes) is 13. The van der Waals surface area contributed by atoms with Crippen molar-refractivity contribution in [1.29, 1.82) is 0 Å². The normalized spacial score (nSPS) is 14.5. The van der Waals surface area contributed by atoms with E-state index < -0.39 is 13.9 Å². The van der Waals surface area contributed by atoms with E-state index in [-0.39, 0.29) is 25.8 Å². The van der Waals surface area contributed by atoms with Gasteiger partial charge < -0.3 is 18.9 Å². The summed E-state index contributed by atoms with van der Waals surface area (Å²) in [4.78, 5) is 23.0. The molecule has 61 heavy (non-hydrogen) atoms. The van der Waals surface area contributed by atoms with Gasteiger partial charge in [0.25, 0.3) is 0 Å². The molecule has 0 aromatic heterocycles. The van der Waals surface area contributed by atoms with Gasteiger partial charge in [-0.05, 0) is 89.9 Å². The van der Waals surface area contributed by atoms with Crippen LogP contribution in [-0.4, -0.2) is 75.6 Å². The zero-order valence-electron chi connectivity index (χ0n) is 39.6. The summed E-state index contributed by atoms with van der Waals surface area (Å²) in [7, 11) is 1.63. The minimum Gasteiger partial charge on any atom is -0.457 e. The Labute approximate surface area is 375 Å². The van der Waals surface area contributed by atoms with Gasteiger partial charge in [-0.2, -0.15) is 0 Å². The molecule has 0 saturated heterocycles. The number of likely N-dealkylation sites (N-methyl/N-ethyl adjacent to an activating group) is 1. The molecular formula is C52H91NO7P+. The Morgan fingerprint density at radius 2 is 0.951 bits per heavy atom. The smallest absolute Gasteiger partial charge is 0.457 e. The SMILES string of the molecule is CC/C=C\C/C=C\C/C=C\C/C=C\C/C=C\C/C=C\CCCCCCCCC(=O)OC(COCCCCCCCC/C=C\C/C=C\CCC)COP(=O)(O)OCC[N+](C)(C)C. The molecule has 0 aliphatic heterocycles. The van der Waals surface area contributed by atoms with Crippen molar-refractivity contribution in [3.63, 3.8) is 0 Å². The van der Waals surface area contributed by atoms with Gasteiger partial charge in [0, 0.05) is 13.0 Å². The summed E-state index contributed by atoms with van der Waals surface area (Å²) >= 11 is 0. The van der Waals surface area contributed by atoms with Crippen molar-refractivity contribution in [2.45, 2.75) is 174 Å². The van der Waals surface area contributed by atoms with Crippen molar-refractivity contribution in [2.24, 2.45) is 0 Å². The first kappa shape index (κ1) is 58.4. The molecule has 0 aliphatic rings. The van der Waals surface area contributed by atoms with Crippen LogP contribution in [0.1, 0.15) is 168 Å². The summed E-state index contributed by atoms with van der Waals surface area (Å²) in [6, 6.07) is 0. The number of hydrogen-bond donors (Lipinski definition) is 1. The maximum Gasteiger partial charge on any atom is 0.472 e. The summed E-state index contributed by atoms with van der Waals surface area (Å²) in [5, 5.41) is 0. The number of carbonyl (C=O) groups excluding carboxylic acids is 1. The zero-order valence-corrected chi connectivity index (χ0v) is 40.5. The number of allylic oxidation sites excluding steroid dienone is 16. The molecule has 0 radical (unpaired) electrons. The molecule has 0 amide bonds. The van der Waals surface area contributed by atoms with Crippen LogP contribution < -0.4 is 0 Å². The highest BCUT2D eigenvalue weighted by molar-refractivity contribution is 7.47. The van der Waals surface area contributed by atoms with E-state index in [1.165, 1.54) is 38.5 Å². The molecule has 350 valence electrons. The van der Waals surface area contributed by atoms with Crippen LogP contribution in [0.15, 0.2) is 97.2 Å². The van der Waals surface area contributed by atoms with Gasteiger partial charge >= 0.3 is 13.8 Å². The van der Waals surface area contributed by atoms with E-state index in [1.807, 2.05) is 21.1 Å². The molecule has 0 fully saturated rings. The van der Waals surface area contributed by atoms with E-state index in [4.69, 9.17) is 18.5 Å². The molecule has 0 rings (SSSR count). The third-order valence-electron chi connectivity index (χ3n) is 9.61. The number of quaternary nitrogens is 1. The molecule has 0 aromatic rings. The van der Waals surface area contributed by atoms with Crippen LogP contribution in [0, 0.1) is 0 Å². The number of phosphoric acid groups is 1. The van der Waals surface area contributed by atoms with Gasteiger partial charge in [-0.25, -0.2) is 4.57 Å². The summed E-state index contributed by atoms with van der Waals surface area (Å²) < 4.78 is 35.0. The van der Waals surface area contributed by atoms with Gasteiger partial charge in [0.15, 0.2) is 0 Å². The van der Waals surface area contributed by atoms with Crippen LogP contribution in [0.3, 0.4) is 0 Å². The fourth-order valence-corrected chi connectivity index (χ4v) is 6.69. The van der Waals surface area contributed by atoms with Crippen molar-refractivity contribution in [2.75, 3.05) is 54.1 Å². The van der Waals surface area contributed by atoms with Crippen LogP contribution in [0.5, 0.6) is 0 Å². The fourth-order valence-electron chi connectivity index (χ4n) is 5.95. The molecule has 0 heterocycles. The number of hydrogen-bond acceptors (Lipinski definition) is 6. The van der Waals surface area contributed by atoms with Gasteiger partial charge in [0.1, 0.15) is 19.3 Å². The highest BCUT2D eigenvalue weighted by Gasteiger charge is 2.26. The second-order valence-electron chi connectivity index (χ2n) is 16.8. The molecule has 2 unspecified atom stereocenters. The largest absolute Gasteiger partial charge is 0.472 e. The Balaban J connectivity index is 4.23. The quantitative estimate of drug-likeness (QED) is 0.0214. The molecule has 0 saturated carbocycles. The number of phosphoric ester groups is 1. The van der Waals surface area contributed by atoms with Gasteiger partial charge in [-0.1, -0.05) is 169 Å². The van der Waals surface area contributed by atoms with Crippen LogP contribution >= 0.6 is 7.82 Å². The molecule has 0 bridgehead atoms. The maximum atomic E-state index is 12.7. The lowest BCUT2D eigenvalue weighted by atomic mass is 10.1. The molecule has 9 heteroatoms. The third-order valence-corrected chi connectivity index (χ3v) is 10.6. The maximum absolute atomic E-state index is 12.7. The van der Waals surface area contributed by atoms with Gasteiger partial charge in [-0.15, -0.1) is 0 Å². The average molecular weight is 873 g/mol. The number of esters is 1. The van der Waals surface area contributed by atoms with Crippen LogP contribution in [0.25, 0.3) is 0 Å². The molecule has 0 aliphatic carbocycles. The number of ether oxygens (including phenoxy) is 2. The van der Waals surface area contributed by atoms with Crippen molar-refractivity contribution >= 4 is 13.8 Å². The summed E-state index contributed by atoms with van der Waals surface area (Å²) in [5.74, 6) is -0.337. The zero-order chi connectivity index (χ0) is 44.8. The Kier molecular flexibility index (Phi) is 42.2. The van der Waals surface area contributed by atoms with Crippen LogP contribution in [0.4, 0.5) is 0 Å². The van der Waals surface area contributed by atoms with Gasteiger partial charge in [-0.3, -0.25) is 13.8 Å². The first-order valence-electron chi connectivity index (χ1n) is 24.0. The Hall–Kier alpha value is -2.58. The first-order chi connectivity index (χ1) is 29.6. The first-order valence-corrected chi connectivity index (χ1v) is 25.5. The lowest BCUT2D eigenvalue weighted by Gasteiger charge is -2.24. The van der Waals surface area contributed by atoms with Gasteiger partial charge in [0.2, 0.25) is 0 Å². The molecule has 1 N–H and O–H groups in total. The highest BCUT2D eigenvalue weighted by Crippen LogP contribution is 2.43. The molecule has 0 spiro atoms. The Bertz CT molecular complexity index is 1290. The predicted octanol–water partition coefficient (Wildman–Crippen LogP) is 14.6. The van der Waals surface area contributed by atoms with Crippen molar-refractivity contribution in [3.8, 4) is 0 Å². The monoisotopic (exact) mass is 873 g/mol. The second kappa shape index (κ2) is 44.0. The molecule has 0 aromatic carbocycles. The standard InChI is InChI=1S/C52H90NO7P/c1-6-8-10-12-14-16-18-20-22-23-24-25-26-27-28-29-30-31-32-33-35-37-39-41-43-45-52(54)60-51(50-59-61(55,56)58-48-46-53(3,4)5)49-57-47-44-42-40-38-36-34-21-19-17-15-13-11-9-7-2/h8,10-11,13-14,16-17,19-20,22,24-25,27-28,30-31,51H,6-7,9,12,15,18,21,23,26,29,32-50H2,1-5H3/p+1/b10-8-,13-11-,16-14-,19-17-,22-20-,25-24-,28-27-,31-30-. The number of rotatable bonds is 43. The number of carbonyl (C=O) groups is 1. The van der Waals surface area contributed by atoms with E-state index in [9.17, 15) is 14.3 Å². The van der Waals surface area contributed by atoms with E-state index in [1.54, 1.807) is 0 Å². The molecule has 8 nitrogen and oxygen atoms in total. The second-order valence-corrected chi connectivity index (χ2v) is 18.2. The lowest BCUT2D eigenvalue weighted by Crippen LogP contribution is -2.37. The third kappa shape index (κ3) is 48.3. The topological polar surface area (TPSA) is 91.3 Å². The average Bonchev–Trinajstić information content (AvgIpc) is 3.22. The summed E-state index contributed by atoms with van der Waals surface area (Å²) in [6.07, 6.45) is 60.2. The van der Waals surface area contributed by atoms with Gasteiger partial charge in [0.05, 0.1) is 34.4 Å². The van der Waals surface area contributed by atoms with Crippen molar-refractivity contribution in [3.05, 3.63) is 97.2 Å². The van der Waals surface area contributed by atoms with Crippen LogP contribution in [0.2, 0.25) is 0 Å².